The number of phenols is 2. The molecule has 2 aliphatic rings. The smallest absolute Gasteiger partial charge is 0.340 e. The van der Waals surface area contributed by atoms with Crippen molar-refractivity contribution in [1.29, 1.82) is 0 Å². The van der Waals surface area contributed by atoms with E-state index in [-0.39, 0.29) is 40.5 Å². The molecule has 2 heterocycles. The Morgan fingerprint density at radius 3 is 2.68 bits per heavy atom. The van der Waals surface area contributed by atoms with Crippen LogP contribution in [0.1, 0.15) is 51.2 Å². The van der Waals surface area contributed by atoms with E-state index in [1.54, 1.807) is 13.0 Å². The van der Waals surface area contributed by atoms with Crippen molar-refractivity contribution < 1.29 is 19.4 Å². The van der Waals surface area contributed by atoms with Gasteiger partial charge in [0.15, 0.2) is 11.3 Å². The number of rotatable bonds is 2. The zero-order valence-corrected chi connectivity index (χ0v) is 16.8. The molecule has 1 amide bonds. The van der Waals surface area contributed by atoms with Gasteiger partial charge in [-0.05, 0) is 54.7 Å². The van der Waals surface area contributed by atoms with Crippen LogP contribution in [0.5, 0.6) is 11.5 Å². The Hall–Kier alpha value is -2.50. The van der Waals surface area contributed by atoms with Crippen molar-refractivity contribution in [1.82, 2.24) is 4.90 Å². The summed E-state index contributed by atoms with van der Waals surface area (Å²) in [6.07, 6.45) is 3.08. The van der Waals surface area contributed by atoms with Gasteiger partial charge >= 0.3 is 5.63 Å². The van der Waals surface area contributed by atoms with Gasteiger partial charge in [-0.25, -0.2) is 4.79 Å². The van der Waals surface area contributed by atoms with E-state index in [1.165, 1.54) is 6.07 Å². The molecule has 2 bridgehead atoms. The highest BCUT2D eigenvalue weighted by Gasteiger charge is 2.50. The Bertz CT molecular complexity index is 1040. The summed E-state index contributed by atoms with van der Waals surface area (Å²) < 4.78 is 5.25. The van der Waals surface area contributed by atoms with Crippen molar-refractivity contribution >= 4 is 16.9 Å². The van der Waals surface area contributed by atoms with Gasteiger partial charge in [0, 0.05) is 18.0 Å². The second kappa shape index (κ2) is 6.00. The van der Waals surface area contributed by atoms with Crippen molar-refractivity contribution in [2.45, 2.75) is 59.4 Å². The number of fused-ring (bicyclic) bond motifs is 3. The predicted molar refractivity (Wildman–Crippen MR) is 105 cm³/mol. The molecule has 1 aliphatic carbocycles. The highest BCUT2D eigenvalue weighted by Crippen LogP contribution is 2.52. The summed E-state index contributed by atoms with van der Waals surface area (Å²) in [6.45, 7) is 9.24. The van der Waals surface area contributed by atoms with Crippen molar-refractivity contribution in [3.8, 4) is 11.5 Å². The molecule has 2 aromatic rings. The molecule has 6 heteroatoms. The lowest BCUT2D eigenvalue weighted by atomic mass is 9.65. The third-order valence-corrected chi connectivity index (χ3v) is 6.47. The van der Waals surface area contributed by atoms with Crippen LogP contribution in [-0.4, -0.2) is 33.6 Å². The number of amides is 1. The monoisotopic (exact) mass is 385 g/mol. The zero-order valence-electron chi connectivity index (χ0n) is 16.8. The first kappa shape index (κ1) is 18.8. The fourth-order valence-electron chi connectivity index (χ4n) is 5.64. The van der Waals surface area contributed by atoms with E-state index in [9.17, 15) is 19.8 Å². The highest BCUT2D eigenvalue weighted by atomic mass is 16.4. The summed E-state index contributed by atoms with van der Waals surface area (Å²) in [6, 6.07) is 3.15. The first-order valence-electron chi connectivity index (χ1n) is 9.76. The molecule has 1 saturated heterocycles. The van der Waals surface area contributed by atoms with Crippen LogP contribution in [0.25, 0.3) is 11.0 Å². The molecular formula is C22H27NO5. The van der Waals surface area contributed by atoms with Gasteiger partial charge in [0.05, 0.1) is 12.0 Å². The fourth-order valence-corrected chi connectivity index (χ4v) is 5.64. The van der Waals surface area contributed by atoms with Gasteiger partial charge in [-0.1, -0.05) is 20.8 Å². The number of aromatic hydroxyl groups is 2. The maximum absolute atomic E-state index is 13.1. The first-order chi connectivity index (χ1) is 13.0. The number of phenolic OH excluding ortho intramolecular Hbond substituents is 2. The lowest BCUT2D eigenvalue weighted by Gasteiger charge is -2.39. The van der Waals surface area contributed by atoms with Gasteiger partial charge in [-0.15, -0.1) is 0 Å². The van der Waals surface area contributed by atoms with E-state index < -0.39 is 11.4 Å². The molecule has 0 radical (unpaired) electrons. The summed E-state index contributed by atoms with van der Waals surface area (Å²) in [7, 11) is 0. The minimum Gasteiger partial charge on any atom is -0.504 e. The van der Waals surface area contributed by atoms with Crippen molar-refractivity contribution in [2.24, 2.45) is 10.8 Å². The standard InChI is InChI=1S/C22H27NO5/c1-12-14-5-6-16(24)18(26)19(14)28-20(27)15(12)7-17(25)23-11-22(4)9-13(23)8-21(2,3)10-22/h5-6,13,24,26H,7-11H2,1-4H3/t13-,22-/m1/s1. The largest absolute Gasteiger partial charge is 0.504 e. The van der Waals surface area contributed by atoms with Gasteiger partial charge in [-0.2, -0.15) is 0 Å². The maximum Gasteiger partial charge on any atom is 0.340 e. The van der Waals surface area contributed by atoms with Crippen LogP contribution in [0.3, 0.4) is 0 Å². The maximum atomic E-state index is 13.1. The van der Waals surface area contributed by atoms with E-state index >= 15 is 0 Å². The van der Waals surface area contributed by atoms with Crippen LogP contribution in [0.2, 0.25) is 0 Å². The van der Waals surface area contributed by atoms with Crippen LogP contribution in [0.15, 0.2) is 21.3 Å². The molecule has 0 spiro atoms. The Morgan fingerprint density at radius 1 is 1.25 bits per heavy atom. The van der Waals surface area contributed by atoms with Crippen LogP contribution in [0, 0.1) is 17.8 Å². The molecule has 2 atom stereocenters. The topological polar surface area (TPSA) is 91.0 Å². The molecular weight excluding hydrogens is 358 g/mol. The number of aryl methyl sites for hydroxylation is 1. The molecule has 1 aliphatic heterocycles. The molecule has 1 aromatic carbocycles. The lowest BCUT2D eigenvalue weighted by molar-refractivity contribution is -0.131. The van der Waals surface area contributed by atoms with E-state index in [1.807, 2.05) is 4.90 Å². The highest BCUT2D eigenvalue weighted by molar-refractivity contribution is 5.89. The quantitative estimate of drug-likeness (QED) is 0.610. The molecule has 2 fully saturated rings. The van der Waals surface area contributed by atoms with E-state index in [4.69, 9.17) is 4.42 Å². The Balaban J connectivity index is 1.67. The van der Waals surface area contributed by atoms with Gasteiger partial charge in [0.25, 0.3) is 0 Å². The number of likely N-dealkylation sites (tertiary alicyclic amines) is 1. The number of hydrogen-bond acceptors (Lipinski definition) is 5. The second-order valence-electron chi connectivity index (χ2n) is 9.72. The minimum absolute atomic E-state index is 0.0151. The molecule has 0 unspecified atom stereocenters. The van der Waals surface area contributed by atoms with E-state index in [2.05, 4.69) is 20.8 Å². The average Bonchev–Trinajstić information content (AvgIpc) is 2.84. The van der Waals surface area contributed by atoms with Gasteiger partial charge in [-0.3, -0.25) is 4.79 Å². The number of hydrogen-bond donors (Lipinski definition) is 2. The third kappa shape index (κ3) is 2.95. The minimum atomic E-state index is -0.645. The Labute approximate surface area is 163 Å². The lowest BCUT2D eigenvalue weighted by Crippen LogP contribution is -2.39. The zero-order chi connectivity index (χ0) is 20.4. The SMILES string of the molecule is Cc1c(CC(=O)N2C[C@]3(C)C[C@H]2CC(C)(C)C3)c(=O)oc2c(O)c(O)ccc12. The van der Waals surface area contributed by atoms with Crippen LogP contribution in [0.4, 0.5) is 0 Å². The van der Waals surface area contributed by atoms with Crippen LogP contribution < -0.4 is 5.63 Å². The van der Waals surface area contributed by atoms with Crippen LogP contribution >= 0.6 is 0 Å². The van der Waals surface area contributed by atoms with Crippen molar-refractivity contribution in [2.75, 3.05) is 6.54 Å². The molecule has 4 rings (SSSR count). The number of carbonyl (C=O) groups excluding carboxylic acids is 1. The summed E-state index contributed by atoms with van der Waals surface area (Å²) in [5.41, 5.74) is 0.563. The van der Waals surface area contributed by atoms with E-state index in [0.717, 1.165) is 25.8 Å². The van der Waals surface area contributed by atoms with E-state index in [0.29, 0.717) is 16.5 Å². The molecule has 2 N–H and O–H groups in total. The molecule has 28 heavy (non-hydrogen) atoms. The normalized spacial score (nSPS) is 26.0. The number of nitrogens with zero attached hydrogens (tertiary/aromatic N) is 1. The average molecular weight is 385 g/mol. The molecule has 1 aromatic heterocycles. The summed E-state index contributed by atoms with van der Waals surface area (Å²) in [5, 5.41) is 20.1. The van der Waals surface area contributed by atoms with Crippen molar-refractivity contribution in [3.05, 3.63) is 33.7 Å². The third-order valence-electron chi connectivity index (χ3n) is 6.47. The molecule has 1 saturated carbocycles. The first-order valence-corrected chi connectivity index (χ1v) is 9.76. The predicted octanol–water partition coefficient (Wildman–Crippen LogP) is 3.48. The summed E-state index contributed by atoms with van der Waals surface area (Å²) in [5.74, 6) is -0.859. The summed E-state index contributed by atoms with van der Waals surface area (Å²) in [4.78, 5) is 27.6. The second-order valence-corrected chi connectivity index (χ2v) is 9.72. The molecule has 6 nitrogen and oxygen atoms in total. The van der Waals surface area contributed by atoms with Gasteiger partial charge < -0.3 is 19.5 Å². The Morgan fingerprint density at radius 2 is 1.96 bits per heavy atom. The Kier molecular flexibility index (Phi) is 4.04. The molecule has 150 valence electrons. The summed E-state index contributed by atoms with van der Waals surface area (Å²) >= 11 is 0. The fraction of sp³-hybridized carbons (Fsp3) is 0.545. The van der Waals surface area contributed by atoms with Gasteiger partial charge in [0.2, 0.25) is 11.7 Å². The van der Waals surface area contributed by atoms with Crippen LogP contribution in [-0.2, 0) is 11.2 Å². The number of benzene rings is 1. The van der Waals surface area contributed by atoms with Gasteiger partial charge in [0.1, 0.15) is 0 Å². The van der Waals surface area contributed by atoms with Crippen molar-refractivity contribution in [3.63, 3.8) is 0 Å². The number of carbonyl (C=O) groups is 1.